The van der Waals surface area contributed by atoms with Gasteiger partial charge in [-0.2, -0.15) is 0 Å². The first-order valence-electron chi connectivity index (χ1n) is 7.50. The Bertz CT molecular complexity index is 398. The fraction of sp³-hybridized carbons (Fsp3) is 0.733. The van der Waals surface area contributed by atoms with Crippen LogP contribution in [0, 0.1) is 5.92 Å². The summed E-state index contributed by atoms with van der Waals surface area (Å²) >= 11 is 0. The molecule has 0 saturated heterocycles. The van der Waals surface area contributed by atoms with Gasteiger partial charge in [-0.25, -0.2) is 4.98 Å². The Morgan fingerprint density at radius 3 is 2.70 bits per heavy atom. The molecule has 0 aromatic carbocycles. The van der Waals surface area contributed by atoms with E-state index < -0.39 is 0 Å². The third-order valence-electron chi connectivity index (χ3n) is 3.04. The van der Waals surface area contributed by atoms with Gasteiger partial charge in [-0.05, 0) is 6.42 Å². The van der Waals surface area contributed by atoms with Gasteiger partial charge in [0.15, 0.2) is 0 Å². The van der Waals surface area contributed by atoms with E-state index in [0.29, 0.717) is 6.04 Å². The molecule has 2 N–H and O–H groups in total. The Morgan fingerprint density at radius 1 is 1.30 bits per heavy atom. The van der Waals surface area contributed by atoms with Crippen molar-refractivity contribution in [3.8, 4) is 0 Å². The molecule has 0 saturated carbocycles. The van der Waals surface area contributed by atoms with Crippen molar-refractivity contribution < 1.29 is 4.79 Å². The van der Waals surface area contributed by atoms with E-state index in [2.05, 4.69) is 40.2 Å². The van der Waals surface area contributed by atoms with Crippen molar-refractivity contribution >= 4 is 5.91 Å². The highest BCUT2D eigenvalue weighted by molar-refractivity contribution is 5.77. The van der Waals surface area contributed by atoms with Crippen LogP contribution < -0.4 is 10.6 Å². The number of nitrogens with one attached hydrogen (secondary N) is 2. The molecule has 5 heteroatoms. The minimum atomic E-state index is 0.0586. The fourth-order valence-corrected chi connectivity index (χ4v) is 1.82. The van der Waals surface area contributed by atoms with Crippen LogP contribution >= 0.6 is 0 Å². The maximum Gasteiger partial charge on any atom is 0.222 e. The summed E-state index contributed by atoms with van der Waals surface area (Å²) in [6.07, 6.45) is 5.84. The third kappa shape index (κ3) is 6.70. The topological polar surface area (TPSA) is 59.0 Å². The number of rotatable bonds is 9. The van der Waals surface area contributed by atoms with Gasteiger partial charge in [-0.1, -0.05) is 27.7 Å². The largest absolute Gasteiger partial charge is 0.356 e. The van der Waals surface area contributed by atoms with E-state index in [-0.39, 0.29) is 11.8 Å². The summed E-state index contributed by atoms with van der Waals surface area (Å²) in [5.74, 6) is 0.180. The Hall–Kier alpha value is -1.36. The first-order valence-corrected chi connectivity index (χ1v) is 7.50. The first kappa shape index (κ1) is 16.7. The zero-order valence-corrected chi connectivity index (χ0v) is 13.1. The molecule has 1 aromatic rings. The van der Waals surface area contributed by atoms with Crippen molar-refractivity contribution in [1.29, 1.82) is 0 Å². The SMILES string of the molecule is CC(C)NCCc1cn(CCCNC(=O)C(C)C)cn1. The van der Waals surface area contributed by atoms with Crippen LogP contribution in [0.5, 0.6) is 0 Å². The van der Waals surface area contributed by atoms with Crippen LogP contribution in [-0.4, -0.2) is 34.6 Å². The molecule has 0 aliphatic rings. The molecule has 0 bridgehead atoms. The second-order valence-electron chi connectivity index (χ2n) is 5.76. The predicted molar refractivity (Wildman–Crippen MR) is 81.5 cm³/mol. The molecular weight excluding hydrogens is 252 g/mol. The van der Waals surface area contributed by atoms with Crippen LogP contribution in [0.4, 0.5) is 0 Å². The van der Waals surface area contributed by atoms with Crippen LogP contribution in [0.1, 0.15) is 39.8 Å². The number of aryl methyl sites for hydroxylation is 1. The van der Waals surface area contributed by atoms with Gasteiger partial charge in [0.2, 0.25) is 5.91 Å². The average molecular weight is 280 g/mol. The van der Waals surface area contributed by atoms with Crippen LogP contribution in [0.3, 0.4) is 0 Å². The van der Waals surface area contributed by atoms with E-state index in [0.717, 1.165) is 38.2 Å². The number of amides is 1. The quantitative estimate of drug-likeness (QED) is 0.675. The van der Waals surface area contributed by atoms with Gasteiger partial charge in [0, 0.05) is 44.2 Å². The molecule has 0 spiro atoms. The van der Waals surface area contributed by atoms with E-state index in [4.69, 9.17) is 0 Å². The van der Waals surface area contributed by atoms with Crippen molar-refractivity contribution in [2.24, 2.45) is 5.92 Å². The van der Waals surface area contributed by atoms with Crippen molar-refractivity contribution in [1.82, 2.24) is 20.2 Å². The number of nitrogens with zero attached hydrogens (tertiary/aromatic N) is 2. The molecule has 0 atom stereocenters. The Morgan fingerprint density at radius 2 is 2.05 bits per heavy atom. The highest BCUT2D eigenvalue weighted by Crippen LogP contribution is 1.99. The maximum atomic E-state index is 11.4. The zero-order chi connectivity index (χ0) is 15.0. The second-order valence-corrected chi connectivity index (χ2v) is 5.76. The summed E-state index contributed by atoms with van der Waals surface area (Å²) in [4.78, 5) is 15.8. The maximum absolute atomic E-state index is 11.4. The highest BCUT2D eigenvalue weighted by Gasteiger charge is 2.05. The first-order chi connectivity index (χ1) is 9.49. The minimum absolute atomic E-state index is 0.0586. The van der Waals surface area contributed by atoms with Crippen molar-refractivity contribution in [2.45, 2.75) is 53.1 Å². The van der Waals surface area contributed by atoms with Gasteiger partial charge in [0.1, 0.15) is 0 Å². The highest BCUT2D eigenvalue weighted by atomic mass is 16.1. The summed E-state index contributed by atoms with van der Waals surface area (Å²) in [6, 6.07) is 0.515. The molecule has 1 heterocycles. The van der Waals surface area contributed by atoms with E-state index in [1.165, 1.54) is 0 Å². The molecule has 0 radical (unpaired) electrons. The van der Waals surface area contributed by atoms with Gasteiger partial charge in [0.25, 0.3) is 0 Å². The van der Waals surface area contributed by atoms with E-state index in [1.54, 1.807) is 0 Å². The van der Waals surface area contributed by atoms with Gasteiger partial charge < -0.3 is 15.2 Å². The summed E-state index contributed by atoms with van der Waals surface area (Å²) < 4.78 is 2.09. The average Bonchev–Trinajstić information content (AvgIpc) is 2.81. The van der Waals surface area contributed by atoms with Gasteiger partial charge >= 0.3 is 0 Å². The number of carbonyl (C=O) groups excluding carboxylic acids is 1. The Balaban J connectivity index is 2.18. The Labute approximate surface area is 122 Å². The van der Waals surface area contributed by atoms with Gasteiger partial charge in [-0.3, -0.25) is 4.79 Å². The molecule has 0 unspecified atom stereocenters. The van der Waals surface area contributed by atoms with Crippen LogP contribution in [0.25, 0.3) is 0 Å². The lowest BCUT2D eigenvalue weighted by Gasteiger charge is -2.07. The molecule has 1 amide bonds. The monoisotopic (exact) mass is 280 g/mol. The fourth-order valence-electron chi connectivity index (χ4n) is 1.82. The normalized spacial score (nSPS) is 11.3. The number of aromatic nitrogens is 2. The minimum Gasteiger partial charge on any atom is -0.356 e. The van der Waals surface area contributed by atoms with Gasteiger partial charge in [-0.15, -0.1) is 0 Å². The summed E-state index contributed by atoms with van der Waals surface area (Å²) in [5.41, 5.74) is 1.12. The van der Waals surface area contributed by atoms with Crippen LogP contribution in [-0.2, 0) is 17.8 Å². The van der Waals surface area contributed by atoms with Crippen molar-refractivity contribution in [3.05, 3.63) is 18.2 Å². The third-order valence-corrected chi connectivity index (χ3v) is 3.04. The number of hydrogen-bond acceptors (Lipinski definition) is 3. The van der Waals surface area contributed by atoms with E-state index >= 15 is 0 Å². The molecule has 0 fully saturated rings. The molecule has 114 valence electrons. The van der Waals surface area contributed by atoms with Crippen molar-refractivity contribution in [3.63, 3.8) is 0 Å². The number of carbonyl (C=O) groups is 1. The predicted octanol–water partition coefficient (Wildman–Crippen LogP) is 1.59. The molecule has 20 heavy (non-hydrogen) atoms. The lowest BCUT2D eigenvalue weighted by Crippen LogP contribution is -2.29. The molecule has 1 aromatic heterocycles. The number of imidazole rings is 1. The molecular formula is C15H28N4O. The second kappa shape index (κ2) is 8.74. The standard InChI is InChI=1S/C15H28N4O/c1-12(2)15(20)17-7-5-9-19-10-14(18-11-19)6-8-16-13(3)4/h10-13,16H,5-9H2,1-4H3,(H,17,20). The Kier molecular flexibility index (Phi) is 7.30. The molecule has 0 aliphatic carbocycles. The lowest BCUT2D eigenvalue weighted by atomic mass is 10.2. The lowest BCUT2D eigenvalue weighted by molar-refractivity contribution is -0.123. The summed E-state index contributed by atoms with van der Waals surface area (Å²) in [7, 11) is 0. The van der Waals surface area contributed by atoms with Crippen LogP contribution in [0.15, 0.2) is 12.5 Å². The van der Waals surface area contributed by atoms with Gasteiger partial charge in [0.05, 0.1) is 12.0 Å². The summed E-state index contributed by atoms with van der Waals surface area (Å²) in [6.45, 7) is 10.7. The summed E-state index contributed by atoms with van der Waals surface area (Å²) in [5, 5.41) is 6.30. The van der Waals surface area contributed by atoms with Crippen LogP contribution in [0.2, 0.25) is 0 Å². The van der Waals surface area contributed by atoms with E-state index in [1.807, 2.05) is 20.2 Å². The van der Waals surface area contributed by atoms with Crippen molar-refractivity contribution in [2.75, 3.05) is 13.1 Å². The molecule has 5 nitrogen and oxygen atoms in total. The molecule has 0 aliphatic heterocycles. The van der Waals surface area contributed by atoms with E-state index in [9.17, 15) is 4.79 Å². The zero-order valence-electron chi connectivity index (χ0n) is 13.1. The smallest absolute Gasteiger partial charge is 0.222 e. The number of hydrogen-bond donors (Lipinski definition) is 2. The molecule has 1 rings (SSSR count).